The van der Waals surface area contributed by atoms with Gasteiger partial charge in [-0.2, -0.15) is 5.10 Å². The average Bonchev–Trinajstić information content (AvgIpc) is 3.08. The second kappa shape index (κ2) is 6.81. The summed E-state index contributed by atoms with van der Waals surface area (Å²) in [4.78, 5) is 6.58. The topological polar surface area (TPSA) is 54.2 Å². The second-order valence-electron chi connectivity index (χ2n) is 7.10. The number of fused-ring (bicyclic) bond motifs is 1. The van der Waals surface area contributed by atoms with Crippen molar-refractivity contribution in [2.75, 3.05) is 11.9 Å². The van der Waals surface area contributed by atoms with Crippen LogP contribution in [0.5, 0.6) is 0 Å². The number of aromatic nitrogens is 3. The van der Waals surface area contributed by atoms with Crippen molar-refractivity contribution in [3.05, 3.63) is 36.4 Å². The first-order valence-electron chi connectivity index (χ1n) is 8.86. The van der Waals surface area contributed by atoms with Crippen LogP contribution < -0.4 is 4.90 Å². The molecule has 132 valence electrons. The van der Waals surface area contributed by atoms with Gasteiger partial charge in [0, 0.05) is 37.1 Å². The lowest BCUT2D eigenvalue weighted by Crippen LogP contribution is -2.28. The molecule has 0 saturated heterocycles. The molecule has 4 rings (SSSR count). The first kappa shape index (κ1) is 16.6. The molecule has 1 unspecified atom stereocenters. The van der Waals surface area contributed by atoms with E-state index in [-0.39, 0.29) is 11.6 Å². The smallest absolute Gasteiger partial charge is 0.123 e. The number of pyridine rings is 1. The van der Waals surface area contributed by atoms with Gasteiger partial charge < -0.3 is 10.0 Å². The Hall–Kier alpha value is -1.85. The normalized spacial score (nSPS) is 25.9. The highest BCUT2D eigenvalue weighted by atomic mass is 35.5. The molecule has 5 nitrogen and oxygen atoms in total. The number of aliphatic hydroxyl groups is 1. The van der Waals surface area contributed by atoms with Crippen LogP contribution in [0.2, 0.25) is 0 Å². The number of rotatable bonds is 3. The summed E-state index contributed by atoms with van der Waals surface area (Å²) in [5.74, 6) is 0.603. The number of likely N-dealkylation sites (N-methyl/N-ethyl adjacent to an activating group) is 1. The molecule has 1 aliphatic heterocycles. The molecule has 25 heavy (non-hydrogen) atoms. The largest absolute Gasteiger partial charge is 0.393 e. The number of hydrogen-bond acceptors (Lipinski definition) is 4. The van der Waals surface area contributed by atoms with E-state index in [0.717, 1.165) is 54.7 Å². The summed E-state index contributed by atoms with van der Waals surface area (Å²) in [6.45, 7) is 0.914. The first-order valence-corrected chi connectivity index (χ1v) is 9.30. The van der Waals surface area contributed by atoms with E-state index in [1.54, 1.807) is 0 Å². The second-order valence-corrected chi connectivity index (χ2v) is 7.54. The Morgan fingerprint density at radius 2 is 2.00 bits per heavy atom. The average molecular weight is 359 g/mol. The van der Waals surface area contributed by atoms with Crippen molar-refractivity contribution in [3.8, 4) is 11.1 Å². The van der Waals surface area contributed by atoms with Crippen molar-refractivity contribution in [2.24, 2.45) is 5.92 Å². The highest BCUT2D eigenvalue weighted by Gasteiger charge is 2.21. The van der Waals surface area contributed by atoms with E-state index in [4.69, 9.17) is 11.6 Å². The highest BCUT2D eigenvalue weighted by molar-refractivity contribution is 6.23. The molecule has 2 aliphatic rings. The molecule has 0 radical (unpaired) electrons. The van der Waals surface area contributed by atoms with Gasteiger partial charge >= 0.3 is 0 Å². The zero-order chi connectivity index (χ0) is 17.4. The van der Waals surface area contributed by atoms with Gasteiger partial charge in [-0.3, -0.25) is 9.67 Å². The maximum Gasteiger partial charge on any atom is 0.123 e. The van der Waals surface area contributed by atoms with Crippen LogP contribution in [0.1, 0.15) is 31.4 Å². The lowest BCUT2D eigenvalue weighted by molar-refractivity contribution is 0.103. The van der Waals surface area contributed by atoms with Crippen molar-refractivity contribution < 1.29 is 5.11 Å². The summed E-state index contributed by atoms with van der Waals surface area (Å²) in [7, 11) is 1.98. The quantitative estimate of drug-likeness (QED) is 0.673. The van der Waals surface area contributed by atoms with Gasteiger partial charge in [-0.15, -0.1) is 0 Å². The Morgan fingerprint density at radius 1 is 1.20 bits per heavy atom. The minimum absolute atomic E-state index is 0.109. The molecule has 2 aromatic rings. The van der Waals surface area contributed by atoms with Gasteiger partial charge in [0.05, 0.1) is 23.7 Å². The summed E-state index contributed by atoms with van der Waals surface area (Å²) in [6.07, 6.45) is 13.7. The van der Waals surface area contributed by atoms with Gasteiger partial charge in [-0.1, -0.05) is 11.6 Å². The molecule has 1 fully saturated rings. The molecule has 3 heterocycles. The van der Waals surface area contributed by atoms with Crippen LogP contribution in [-0.2, 0) is 6.54 Å². The number of hydrogen-bond donors (Lipinski definition) is 1. The number of halogens is 1. The third-order valence-electron chi connectivity index (χ3n) is 5.29. The van der Waals surface area contributed by atoms with Gasteiger partial charge in [0.2, 0.25) is 0 Å². The van der Waals surface area contributed by atoms with Gasteiger partial charge in [0.1, 0.15) is 5.50 Å². The predicted octanol–water partition coefficient (Wildman–Crippen LogP) is 3.52. The van der Waals surface area contributed by atoms with Gasteiger partial charge in [0.15, 0.2) is 0 Å². The molecule has 1 atom stereocenters. The minimum Gasteiger partial charge on any atom is -0.393 e. The van der Waals surface area contributed by atoms with Crippen LogP contribution in [0.3, 0.4) is 0 Å². The Balaban J connectivity index is 1.52. The summed E-state index contributed by atoms with van der Waals surface area (Å²) in [6, 6.07) is 2.12. The lowest BCUT2D eigenvalue weighted by Gasteiger charge is -2.27. The molecule has 2 aromatic heterocycles. The van der Waals surface area contributed by atoms with Crippen molar-refractivity contribution in [1.29, 1.82) is 0 Å². The molecular weight excluding hydrogens is 336 g/mol. The van der Waals surface area contributed by atoms with Gasteiger partial charge in [-0.05, 0) is 49.8 Å². The SMILES string of the molecule is CN1c2cc(-c3cnn(CC4CCC(O)CC4)c3)cnc2C=CC1Cl. The summed E-state index contributed by atoms with van der Waals surface area (Å²) in [5.41, 5.74) is 3.95. The maximum atomic E-state index is 9.64. The molecule has 1 saturated carbocycles. The van der Waals surface area contributed by atoms with Crippen LogP contribution in [0.15, 0.2) is 30.7 Å². The summed E-state index contributed by atoms with van der Waals surface area (Å²) >= 11 is 6.29. The fourth-order valence-corrected chi connectivity index (χ4v) is 3.85. The molecule has 1 aliphatic carbocycles. The number of aliphatic hydroxyl groups excluding tert-OH is 1. The van der Waals surface area contributed by atoms with Crippen LogP contribution in [0.25, 0.3) is 17.2 Å². The van der Waals surface area contributed by atoms with Crippen LogP contribution in [0.4, 0.5) is 5.69 Å². The van der Waals surface area contributed by atoms with Gasteiger partial charge in [0.25, 0.3) is 0 Å². The standard InChI is InChI=1S/C19H23ClN4O/c1-23-18-8-14(9-21-17(18)6-7-19(23)20)15-10-22-24(12-15)11-13-2-4-16(25)5-3-13/h6-10,12-13,16,19,25H,2-5,11H2,1H3. The molecule has 1 N–H and O–H groups in total. The Labute approximate surface area is 152 Å². The fourth-order valence-electron chi connectivity index (χ4n) is 3.67. The van der Waals surface area contributed by atoms with E-state index in [1.807, 2.05) is 41.2 Å². The molecule has 6 heteroatoms. The van der Waals surface area contributed by atoms with Crippen LogP contribution in [0, 0.1) is 5.92 Å². The van der Waals surface area contributed by atoms with E-state index >= 15 is 0 Å². The molecular formula is C19H23ClN4O. The van der Waals surface area contributed by atoms with Crippen LogP contribution >= 0.6 is 11.6 Å². The zero-order valence-corrected chi connectivity index (χ0v) is 15.1. The molecule has 0 amide bonds. The number of nitrogens with zero attached hydrogens (tertiary/aromatic N) is 4. The van der Waals surface area contributed by atoms with E-state index < -0.39 is 0 Å². The Bertz CT molecular complexity index is 779. The molecule has 0 spiro atoms. The molecule has 0 bridgehead atoms. The molecule has 0 aromatic carbocycles. The third kappa shape index (κ3) is 3.44. The Morgan fingerprint density at radius 3 is 2.80 bits per heavy atom. The van der Waals surface area contributed by atoms with Crippen molar-refractivity contribution in [2.45, 2.75) is 43.8 Å². The summed E-state index contributed by atoms with van der Waals surface area (Å²) < 4.78 is 2.02. The van der Waals surface area contributed by atoms with Gasteiger partial charge in [-0.25, -0.2) is 0 Å². The third-order valence-corrected chi connectivity index (χ3v) is 5.73. The van der Waals surface area contributed by atoms with E-state index in [9.17, 15) is 5.11 Å². The first-order chi connectivity index (χ1) is 12.1. The van der Waals surface area contributed by atoms with Crippen molar-refractivity contribution >= 4 is 23.4 Å². The number of anilines is 1. The Kier molecular flexibility index (Phi) is 4.52. The minimum atomic E-state index is -0.145. The predicted molar refractivity (Wildman–Crippen MR) is 101 cm³/mol. The number of alkyl halides is 1. The van der Waals surface area contributed by atoms with Crippen molar-refractivity contribution in [1.82, 2.24) is 14.8 Å². The fraction of sp³-hybridized carbons (Fsp3) is 0.474. The monoisotopic (exact) mass is 358 g/mol. The van der Waals surface area contributed by atoms with E-state index in [0.29, 0.717) is 5.92 Å². The zero-order valence-electron chi connectivity index (χ0n) is 14.3. The van der Waals surface area contributed by atoms with E-state index in [2.05, 4.69) is 22.3 Å². The maximum absolute atomic E-state index is 9.64. The van der Waals surface area contributed by atoms with E-state index in [1.165, 1.54) is 0 Å². The highest BCUT2D eigenvalue weighted by Crippen LogP contribution is 2.32. The van der Waals surface area contributed by atoms with Crippen molar-refractivity contribution in [3.63, 3.8) is 0 Å². The lowest BCUT2D eigenvalue weighted by atomic mass is 9.87. The summed E-state index contributed by atoms with van der Waals surface area (Å²) in [5, 5.41) is 14.2. The van der Waals surface area contributed by atoms with Crippen LogP contribution in [-0.4, -0.2) is 38.5 Å².